The summed E-state index contributed by atoms with van der Waals surface area (Å²) in [7, 11) is 0. The van der Waals surface area contributed by atoms with Crippen LogP contribution in [0.1, 0.15) is 6.92 Å². The number of halogens is 1. The maximum absolute atomic E-state index is 13.2. The van der Waals surface area contributed by atoms with E-state index in [1.807, 2.05) is 0 Å². The zero-order chi connectivity index (χ0) is 14.5. The number of carbonyl (C=O) groups excluding carboxylic acids is 1. The highest BCUT2D eigenvalue weighted by Gasteiger charge is 2.12. The van der Waals surface area contributed by atoms with Crippen LogP contribution < -0.4 is 11.2 Å². The average Bonchev–Trinajstić information content (AvgIpc) is 2.76. The minimum Gasteiger partial charge on any atom is -0.356 e. The molecular formula is C12H14FN5OS. The van der Waals surface area contributed by atoms with E-state index < -0.39 is 0 Å². The van der Waals surface area contributed by atoms with E-state index in [0.29, 0.717) is 28.8 Å². The Morgan fingerprint density at radius 3 is 3.00 bits per heavy atom. The van der Waals surface area contributed by atoms with Gasteiger partial charge in [-0.2, -0.15) is 0 Å². The Hall–Kier alpha value is -2.09. The molecule has 106 valence electrons. The van der Waals surface area contributed by atoms with E-state index in [1.165, 1.54) is 35.5 Å². The second kappa shape index (κ2) is 6.38. The monoisotopic (exact) mass is 295 g/mol. The number of nitrogens with one attached hydrogen (secondary N) is 1. The maximum Gasteiger partial charge on any atom is 0.216 e. The smallest absolute Gasteiger partial charge is 0.216 e. The van der Waals surface area contributed by atoms with E-state index in [9.17, 15) is 9.18 Å². The Morgan fingerprint density at radius 1 is 1.50 bits per heavy atom. The molecule has 0 aliphatic heterocycles. The Morgan fingerprint density at radius 2 is 2.30 bits per heavy atom. The molecule has 0 aliphatic rings. The molecule has 0 radical (unpaired) electrons. The van der Waals surface area contributed by atoms with Gasteiger partial charge in [0, 0.05) is 24.8 Å². The standard InChI is InChI=1S/C12H14FN5OS/c1-8(19)15-5-6-20-12-17-16-11(18(12)14)9-3-2-4-10(13)7-9/h2-4,7H,5-6,14H2,1H3,(H,15,19). The molecule has 0 spiro atoms. The Labute approximate surface area is 119 Å². The van der Waals surface area contributed by atoms with Crippen molar-refractivity contribution in [2.24, 2.45) is 0 Å². The second-order valence-electron chi connectivity index (χ2n) is 4.02. The molecule has 1 aromatic carbocycles. The fourth-order valence-corrected chi connectivity index (χ4v) is 2.28. The summed E-state index contributed by atoms with van der Waals surface area (Å²) >= 11 is 1.36. The van der Waals surface area contributed by atoms with Gasteiger partial charge in [0.25, 0.3) is 0 Å². The summed E-state index contributed by atoms with van der Waals surface area (Å²) in [6, 6.07) is 5.99. The number of nitrogens with two attached hydrogens (primary N) is 1. The fourth-order valence-electron chi connectivity index (χ4n) is 1.57. The van der Waals surface area contributed by atoms with Crippen molar-refractivity contribution in [3.05, 3.63) is 30.1 Å². The van der Waals surface area contributed by atoms with Gasteiger partial charge in [-0.05, 0) is 12.1 Å². The average molecular weight is 295 g/mol. The molecule has 2 aromatic rings. The number of benzene rings is 1. The minimum absolute atomic E-state index is 0.0831. The first-order valence-electron chi connectivity index (χ1n) is 5.91. The van der Waals surface area contributed by atoms with Crippen molar-refractivity contribution in [3.8, 4) is 11.4 Å². The van der Waals surface area contributed by atoms with Crippen LogP contribution >= 0.6 is 11.8 Å². The first kappa shape index (κ1) is 14.3. The van der Waals surface area contributed by atoms with Gasteiger partial charge in [0.15, 0.2) is 5.82 Å². The molecule has 0 aliphatic carbocycles. The summed E-state index contributed by atoms with van der Waals surface area (Å²) in [6.45, 7) is 1.97. The zero-order valence-corrected chi connectivity index (χ0v) is 11.7. The fraction of sp³-hybridized carbons (Fsp3) is 0.250. The van der Waals surface area contributed by atoms with E-state index in [-0.39, 0.29) is 11.7 Å². The number of thioether (sulfide) groups is 1. The third kappa shape index (κ3) is 3.47. The predicted molar refractivity (Wildman–Crippen MR) is 75.0 cm³/mol. The summed E-state index contributed by atoms with van der Waals surface area (Å²) in [5.41, 5.74) is 0.564. The normalized spacial score (nSPS) is 10.5. The molecule has 0 saturated carbocycles. The van der Waals surface area contributed by atoms with Gasteiger partial charge in [0.1, 0.15) is 5.82 Å². The number of rotatable bonds is 5. The number of amides is 1. The van der Waals surface area contributed by atoms with Crippen LogP contribution in [0, 0.1) is 5.82 Å². The molecule has 1 heterocycles. The van der Waals surface area contributed by atoms with Gasteiger partial charge in [-0.25, -0.2) is 9.07 Å². The van der Waals surface area contributed by atoms with Gasteiger partial charge in [0.05, 0.1) is 0 Å². The highest BCUT2D eigenvalue weighted by molar-refractivity contribution is 7.99. The van der Waals surface area contributed by atoms with Crippen LogP contribution in [0.25, 0.3) is 11.4 Å². The zero-order valence-electron chi connectivity index (χ0n) is 10.8. The molecule has 20 heavy (non-hydrogen) atoms. The largest absolute Gasteiger partial charge is 0.356 e. The predicted octanol–water partition coefficient (Wildman–Crippen LogP) is 1.03. The van der Waals surface area contributed by atoms with Crippen LogP contribution in [0.4, 0.5) is 4.39 Å². The molecule has 1 aromatic heterocycles. The summed E-state index contributed by atoms with van der Waals surface area (Å²) < 4.78 is 14.5. The molecule has 0 fully saturated rings. The highest BCUT2D eigenvalue weighted by atomic mass is 32.2. The topological polar surface area (TPSA) is 85.8 Å². The summed E-state index contributed by atoms with van der Waals surface area (Å²) in [5.74, 6) is 6.47. The molecule has 0 saturated heterocycles. The van der Waals surface area contributed by atoms with Crippen LogP contribution in [0.3, 0.4) is 0 Å². The quantitative estimate of drug-likeness (QED) is 0.489. The number of carbonyl (C=O) groups is 1. The van der Waals surface area contributed by atoms with Crippen molar-refractivity contribution in [1.82, 2.24) is 20.2 Å². The molecule has 0 atom stereocenters. The van der Waals surface area contributed by atoms with Crippen molar-refractivity contribution in [2.45, 2.75) is 12.1 Å². The van der Waals surface area contributed by atoms with E-state index >= 15 is 0 Å². The van der Waals surface area contributed by atoms with Crippen LogP contribution in [0.15, 0.2) is 29.4 Å². The molecule has 3 N–H and O–H groups in total. The third-order valence-electron chi connectivity index (χ3n) is 2.45. The van der Waals surface area contributed by atoms with Crippen LogP contribution in [0.2, 0.25) is 0 Å². The molecule has 8 heteroatoms. The molecule has 2 rings (SSSR count). The van der Waals surface area contributed by atoms with Gasteiger partial charge >= 0.3 is 0 Å². The van der Waals surface area contributed by atoms with Crippen molar-refractivity contribution in [3.63, 3.8) is 0 Å². The number of nitrogens with zero attached hydrogens (tertiary/aromatic N) is 3. The van der Waals surface area contributed by atoms with Gasteiger partial charge in [-0.15, -0.1) is 10.2 Å². The minimum atomic E-state index is -0.356. The number of nitrogen functional groups attached to an aromatic ring is 1. The van der Waals surface area contributed by atoms with Crippen molar-refractivity contribution < 1.29 is 9.18 Å². The Kier molecular flexibility index (Phi) is 4.57. The van der Waals surface area contributed by atoms with Gasteiger partial charge in [0.2, 0.25) is 11.1 Å². The first-order valence-corrected chi connectivity index (χ1v) is 6.90. The molecule has 0 unspecified atom stereocenters. The maximum atomic E-state index is 13.2. The Bertz CT molecular complexity index is 616. The van der Waals surface area contributed by atoms with Crippen molar-refractivity contribution in [2.75, 3.05) is 18.1 Å². The van der Waals surface area contributed by atoms with Gasteiger partial charge in [-0.1, -0.05) is 23.9 Å². The number of hydrogen-bond acceptors (Lipinski definition) is 5. The Balaban J connectivity index is 2.05. The first-order chi connectivity index (χ1) is 9.58. The SMILES string of the molecule is CC(=O)NCCSc1nnc(-c2cccc(F)c2)n1N. The highest BCUT2D eigenvalue weighted by Crippen LogP contribution is 2.21. The van der Waals surface area contributed by atoms with Crippen LogP contribution in [-0.2, 0) is 4.79 Å². The van der Waals surface area contributed by atoms with E-state index in [0.717, 1.165) is 0 Å². The van der Waals surface area contributed by atoms with Gasteiger partial charge < -0.3 is 11.2 Å². The number of aromatic nitrogens is 3. The molecular weight excluding hydrogens is 281 g/mol. The van der Waals surface area contributed by atoms with Gasteiger partial charge in [-0.3, -0.25) is 4.79 Å². The number of hydrogen-bond donors (Lipinski definition) is 2. The van der Waals surface area contributed by atoms with Crippen molar-refractivity contribution in [1.29, 1.82) is 0 Å². The van der Waals surface area contributed by atoms with Crippen molar-refractivity contribution >= 4 is 17.7 Å². The van der Waals surface area contributed by atoms with E-state index in [4.69, 9.17) is 5.84 Å². The molecule has 1 amide bonds. The summed E-state index contributed by atoms with van der Waals surface area (Å²) in [6.07, 6.45) is 0. The van der Waals surface area contributed by atoms with Crippen LogP contribution in [-0.4, -0.2) is 33.1 Å². The third-order valence-corrected chi connectivity index (χ3v) is 3.40. The second-order valence-corrected chi connectivity index (χ2v) is 5.08. The lowest BCUT2D eigenvalue weighted by atomic mass is 10.2. The lowest BCUT2D eigenvalue weighted by Crippen LogP contribution is -2.22. The molecule has 6 nitrogen and oxygen atoms in total. The lowest BCUT2D eigenvalue weighted by Gasteiger charge is -2.04. The summed E-state index contributed by atoms with van der Waals surface area (Å²) in [4.78, 5) is 10.7. The molecule has 0 bridgehead atoms. The van der Waals surface area contributed by atoms with E-state index in [1.54, 1.807) is 12.1 Å². The van der Waals surface area contributed by atoms with Crippen LogP contribution in [0.5, 0.6) is 0 Å². The van der Waals surface area contributed by atoms with E-state index in [2.05, 4.69) is 15.5 Å². The summed E-state index contributed by atoms with van der Waals surface area (Å²) in [5, 5.41) is 11.1. The lowest BCUT2D eigenvalue weighted by molar-refractivity contribution is -0.118.